The molecule has 28 heavy (non-hydrogen) atoms. The van der Waals surface area contributed by atoms with Crippen LogP contribution in [0.2, 0.25) is 0 Å². The lowest BCUT2D eigenvalue weighted by atomic mass is 10.1. The molecule has 10 heteroatoms. The van der Waals surface area contributed by atoms with Gasteiger partial charge in [-0.2, -0.15) is 5.10 Å². The lowest BCUT2D eigenvalue weighted by Crippen LogP contribution is -3.00. The van der Waals surface area contributed by atoms with E-state index < -0.39 is 0 Å². The van der Waals surface area contributed by atoms with Gasteiger partial charge in [0.25, 0.3) is 0 Å². The molecular weight excluding hydrogens is 382 g/mol. The Morgan fingerprint density at radius 1 is 1.36 bits per heavy atom. The topological polar surface area (TPSA) is 139 Å². The number of hydrogen-bond donors (Lipinski definition) is 4. The Hall–Kier alpha value is -3.17. The first kappa shape index (κ1) is 21.1. The largest absolute Gasteiger partial charge is 1.00 e. The summed E-state index contributed by atoms with van der Waals surface area (Å²) in [5.74, 6) is 0.702. The molecule has 1 aliphatic rings. The first-order valence-electron chi connectivity index (χ1n) is 8.34. The highest BCUT2D eigenvalue weighted by atomic mass is 35.5. The first-order chi connectivity index (χ1) is 13.0. The number of rotatable bonds is 6. The molecule has 0 unspecified atom stereocenters. The van der Waals surface area contributed by atoms with Crippen LogP contribution in [-0.4, -0.2) is 39.5 Å². The molecular formula is C18H22ClN7O2. The Bertz CT molecular complexity index is 963. The Morgan fingerprint density at radius 2 is 2.14 bits per heavy atom. The molecule has 0 amide bonds. The highest BCUT2D eigenvalue weighted by Crippen LogP contribution is 2.24. The summed E-state index contributed by atoms with van der Waals surface area (Å²) in [7, 11) is 1.95. The molecule has 0 fully saturated rings. The molecule has 0 aliphatic heterocycles. The smallest absolute Gasteiger partial charge is 0.173 e. The normalized spacial score (nSPS) is 15.1. The van der Waals surface area contributed by atoms with E-state index in [1.807, 2.05) is 36.1 Å². The Balaban J connectivity index is 0.00000280. The van der Waals surface area contributed by atoms with Crippen molar-refractivity contribution in [2.75, 3.05) is 18.9 Å². The molecule has 148 valence electrons. The highest BCUT2D eigenvalue weighted by molar-refractivity contribution is 6.22. The highest BCUT2D eigenvalue weighted by Gasteiger charge is 2.17. The maximum Gasteiger partial charge on any atom is 0.173 e. The molecule has 1 aliphatic carbocycles. The number of anilines is 1. The van der Waals surface area contributed by atoms with Crippen LogP contribution in [0.25, 0.3) is 0 Å². The van der Waals surface area contributed by atoms with Gasteiger partial charge in [-0.25, -0.2) is 14.2 Å². The van der Waals surface area contributed by atoms with Gasteiger partial charge in [-0.3, -0.25) is 5.41 Å². The summed E-state index contributed by atoms with van der Waals surface area (Å²) in [6.45, 7) is 0.457. The monoisotopic (exact) mass is 403 g/mol. The zero-order valence-corrected chi connectivity index (χ0v) is 16.1. The molecule has 0 saturated carbocycles. The summed E-state index contributed by atoms with van der Waals surface area (Å²) < 4.78 is 8.95. The Kier molecular flexibility index (Phi) is 6.91. The lowest BCUT2D eigenvalue weighted by Gasteiger charge is -2.14. The second-order valence-electron chi connectivity index (χ2n) is 6.04. The van der Waals surface area contributed by atoms with Gasteiger partial charge in [-0.05, 0) is 12.1 Å². The second-order valence-corrected chi connectivity index (χ2v) is 6.04. The fourth-order valence-corrected chi connectivity index (χ4v) is 2.60. The number of aliphatic hydroxyl groups is 1. The van der Waals surface area contributed by atoms with Crippen LogP contribution < -0.4 is 28.4 Å². The zero-order chi connectivity index (χ0) is 19.4. The molecule has 2 aromatic rings. The van der Waals surface area contributed by atoms with Gasteiger partial charge in [0.05, 0.1) is 36.5 Å². The van der Waals surface area contributed by atoms with Gasteiger partial charge in [0.15, 0.2) is 12.4 Å². The summed E-state index contributed by atoms with van der Waals surface area (Å²) in [5, 5.41) is 21.1. The van der Waals surface area contributed by atoms with E-state index >= 15 is 0 Å². The zero-order valence-electron chi connectivity index (χ0n) is 15.3. The molecule has 3 rings (SSSR count). The van der Waals surface area contributed by atoms with E-state index in [1.165, 1.54) is 6.08 Å². The van der Waals surface area contributed by atoms with Gasteiger partial charge >= 0.3 is 0 Å². The minimum absolute atomic E-state index is 0. The van der Waals surface area contributed by atoms with E-state index in [-0.39, 0.29) is 31.3 Å². The van der Waals surface area contributed by atoms with Crippen molar-refractivity contribution in [1.82, 2.24) is 9.78 Å². The van der Waals surface area contributed by atoms with E-state index in [9.17, 15) is 0 Å². The van der Waals surface area contributed by atoms with Crippen molar-refractivity contribution in [2.45, 2.75) is 6.54 Å². The van der Waals surface area contributed by atoms with Crippen LogP contribution in [0.4, 0.5) is 11.5 Å². The molecule has 2 heterocycles. The third-order valence-corrected chi connectivity index (χ3v) is 3.91. The van der Waals surface area contributed by atoms with E-state index in [2.05, 4.69) is 10.1 Å². The minimum atomic E-state index is -0.146. The second kappa shape index (κ2) is 9.16. The molecule has 9 nitrogen and oxygen atoms in total. The fraction of sp³-hybridized carbons (Fsp3) is 0.222. The number of nitrogen functional groups attached to an aromatic ring is 1. The lowest BCUT2D eigenvalue weighted by molar-refractivity contribution is -0.671. The third-order valence-electron chi connectivity index (χ3n) is 3.91. The van der Waals surface area contributed by atoms with Crippen LogP contribution in [0, 0.1) is 5.41 Å². The fourth-order valence-electron chi connectivity index (χ4n) is 2.60. The summed E-state index contributed by atoms with van der Waals surface area (Å²) in [4.78, 5) is 4.47. The van der Waals surface area contributed by atoms with E-state index in [1.54, 1.807) is 17.0 Å². The van der Waals surface area contributed by atoms with Gasteiger partial charge in [-0.1, -0.05) is 0 Å². The summed E-state index contributed by atoms with van der Waals surface area (Å²) in [5.41, 5.74) is 14.6. The van der Waals surface area contributed by atoms with Crippen LogP contribution in [0.3, 0.4) is 0 Å². The van der Waals surface area contributed by atoms with Gasteiger partial charge < -0.3 is 33.7 Å². The van der Waals surface area contributed by atoms with E-state index in [4.69, 9.17) is 26.7 Å². The quantitative estimate of drug-likeness (QED) is 0.304. The predicted molar refractivity (Wildman–Crippen MR) is 102 cm³/mol. The first-order valence-corrected chi connectivity index (χ1v) is 8.34. The summed E-state index contributed by atoms with van der Waals surface area (Å²) in [6.07, 6.45) is 8.53. The number of nitrogens with zero attached hydrogens (tertiary/aromatic N) is 4. The number of aliphatic imine (C=N–C) groups is 1. The number of ether oxygens (including phenoxy) is 1. The Morgan fingerprint density at radius 3 is 2.86 bits per heavy atom. The van der Waals surface area contributed by atoms with Crippen molar-refractivity contribution in [3.8, 4) is 0 Å². The number of hydrogen-bond acceptors (Lipinski definition) is 7. The number of aryl methyl sites for hydroxylation is 1. The van der Waals surface area contributed by atoms with Crippen molar-refractivity contribution >= 4 is 22.9 Å². The molecule has 0 aromatic carbocycles. The number of nitrogens with two attached hydrogens (primary N) is 2. The van der Waals surface area contributed by atoms with Crippen LogP contribution in [0.5, 0.6) is 0 Å². The van der Waals surface area contributed by atoms with Crippen molar-refractivity contribution < 1.29 is 26.8 Å². The molecule has 0 radical (unpaired) electrons. The maximum atomic E-state index is 8.89. The van der Waals surface area contributed by atoms with Crippen LogP contribution >= 0.6 is 0 Å². The molecule has 0 bridgehead atoms. The van der Waals surface area contributed by atoms with Crippen LogP contribution in [-0.2, 0) is 18.3 Å². The number of aromatic nitrogens is 3. The molecule has 0 saturated heterocycles. The number of aliphatic hydroxyl groups excluding tert-OH is 1. The van der Waals surface area contributed by atoms with E-state index in [0.717, 1.165) is 5.56 Å². The van der Waals surface area contributed by atoms with Crippen LogP contribution in [0.1, 0.15) is 5.56 Å². The molecule has 0 spiro atoms. The molecule has 2 aromatic heterocycles. The van der Waals surface area contributed by atoms with Gasteiger partial charge in [0, 0.05) is 17.7 Å². The third kappa shape index (κ3) is 4.76. The number of allylic oxidation sites excluding steroid dienone is 2. The van der Waals surface area contributed by atoms with Crippen molar-refractivity contribution in [3.05, 3.63) is 59.9 Å². The standard InChI is InChI=1S/C18H22N7O2.ClH/c1-24-4-2-3-12(10-24)11-25-18(21)16(9-22-25)23-15-8-17(27-6-5-26)14(20)7-13(15)19;/h2-4,7-10,20,26H,5-6,11,19,21H2,1H3;1H/q+1;/p-1. The summed E-state index contributed by atoms with van der Waals surface area (Å²) in [6, 6.07) is 3.95. The number of nitrogens with one attached hydrogen (secondary N) is 1. The minimum Gasteiger partial charge on any atom is -1.00 e. The number of halogens is 1. The van der Waals surface area contributed by atoms with E-state index in [0.29, 0.717) is 35.2 Å². The van der Waals surface area contributed by atoms with Crippen molar-refractivity contribution in [2.24, 2.45) is 17.8 Å². The van der Waals surface area contributed by atoms with Crippen molar-refractivity contribution in [1.29, 1.82) is 5.41 Å². The van der Waals surface area contributed by atoms with Gasteiger partial charge in [0.2, 0.25) is 0 Å². The average molecular weight is 404 g/mol. The number of pyridine rings is 1. The van der Waals surface area contributed by atoms with Crippen molar-refractivity contribution in [3.63, 3.8) is 0 Å². The summed E-state index contributed by atoms with van der Waals surface area (Å²) >= 11 is 0. The SMILES string of the molecule is C[n+]1cccc(Cn2ncc(N=C3C=C(OCCO)C(=N)C=C3N)c2N)c1.[Cl-]. The average Bonchev–Trinajstić information content (AvgIpc) is 2.96. The van der Waals surface area contributed by atoms with Gasteiger partial charge in [0.1, 0.15) is 30.9 Å². The molecule has 0 atom stereocenters. The van der Waals surface area contributed by atoms with Gasteiger partial charge in [-0.15, -0.1) is 0 Å². The van der Waals surface area contributed by atoms with Crippen LogP contribution in [0.15, 0.2) is 59.3 Å². The molecule has 6 N–H and O–H groups in total. The Labute approximate surface area is 168 Å². The predicted octanol–water partition coefficient (Wildman–Crippen LogP) is -2.82. The maximum absolute atomic E-state index is 8.89.